The van der Waals surface area contributed by atoms with Crippen molar-refractivity contribution < 1.29 is 4.39 Å². The van der Waals surface area contributed by atoms with Gasteiger partial charge in [0.25, 0.3) is 0 Å². The highest BCUT2D eigenvalue weighted by atomic mass is 19.1. The molecule has 2 N–H and O–H groups in total. The van der Waals surface area contributed by atoms with Gasteiger partial charge in [-0.05, 0) is 81.8 Å². The third-order valence-electron chi connectivity index (χ3n) is 7.00. The summed E-state index contributed by atoms with van der Waals surface area (Å²) in [5.41, 5.74) is 5.85. The predicted octanol–water partition coefficient (Wildman–Crippen LogP) is 4.28. The summed E-state index contributed by atoms with van der Waals surface area (Å²) in [5.74, 6) is 1.05. The van der Waals surface area contributed by atoms with Crippen molar-refractivity contribution in [3.8, 4) is 11.3 Å². The summed E-state index contributed by atoms with van der Waals surface area (Å²) in [7, 11) is 0. The summed E-state index contributed by atoms with van der Waals surface area (Å²) < 4.78 is 16.7. The number of imidazole rings is 2. The molecule has 1 spiro atoms. The van der Waals surface area contributed by atoms with E-state index in [1.807, 2.05) is 32.2 Å². The molecular formula is C23H25FN6. The minimum Gasteiger partial charge on any atom is -0.339 e. The maximum absolute atomic E-state index is 15.0. The molecule has 1 aliphatic carbocycles. The Kier molecular flexibility index (Phi) is 3.81. The van der Waals surface area contributed by atoms with Crippen molar-refractivity contribution in [3.05, 3.63) is 47.3 Å². The highest BCUT2D eigenvalue weighted by molar-refractivity contribution is 5.82. The number of nitrogens with zero attached hydrogens (tertiary/aromatic N) is 4. The molecule has 1 saturated heterocycles. The topological polar surface area (TPSA) is 70.9 Å². The van der Waals surface area contributed by atoms with Gasteiger partial charge >= 0.3 is 0 Å². The lowest BCUT2D eigenvalue weighted by Gasteiger charge is -2.49. The molecule has 0 unspecified atom stereocenters. The minimum absolute atomic E-state index is 0.279. The molecule has 1 aliphatic heterocycles. The SMILES string of the molecule is Cc1cn2nc(-c3cc(F)c4[nH]c(C5CC6(CCNCC6)C5)nc4c3)cc(C)c2n1. The van der Waals surface area contributed by atoms with Gasteiger partial charge in [0, 0.05) is 11.5 Å². The van der Waals surface area contributed by atoms with E-state index in [4.69, 9.17) is 4.98 Å². The molecule has 0 atom stereocenters. The van der Waals surface area contributed by atoms with Crippen molar-refractivity contribution in [1.29, 1.82) is 0 Å². The van der Waals surface area contributed by atoms with Crippen molar-refractivity contribution in [2.45, 2.75) is 45.4 Å². The summed E-state index contributed by atoms with van der Waals surface area (Å²) in [6, 6.07) is 5.45. The molecule has 0 bridgehead atoms. The fourth-order valence-corrected chi connectivity index (χ4v) is 5.36. The molecule has 6 rings (SSSR count). The summed E-state index contributed by atoms with van der Waals surface area (Å²) in [6.45, 7) is 6.16. The normalized spacial score (nSPS) is 19.0. The van der Waals surface area contributed by atoms with E-state index < -0.39 is 0 Å². The van der Waals surface area contributed by atoms with Crippen LogP contribution in [-0.2, 0) is 0 Å². The molecule has 30 heavy (non-hydrogen) atoms. The number of rotatable bonds is 2. The summed E-state index contributed by atoms with van der Waals surface area (Å²) in [6.07, 6.45) is 6.67. The lowest BCUT2D eigenvalue weighted by atomic mass is 9.57. The molecular weight excluding hydrogens is 379 g/mol. The van der Waals surface area contributed by atoms with Crippen LogP contribution in [-0.4, -0.2) is 37.7 Å². The fraction of sp³-hybridized carbons (Fsp3) is 0.435. The number of aromatic nitrogens is 5. The van der Waals surface area contributed by atoms with Crippen molar-refractivity contribution in [2.24, 2.45) is 5.41 Å². The molecule has 3 aromatic heterocycles. The molecule has 7 heteroatoms. The first kappa shape index (κ1) is 18.0. The molecule has 2 fully saturated rings. The third-order valence-corrected chi connectivity index (χ3v) is 7.00. The van der Waals surface area contributed by atoms with E-state index >= 15 is 0 Å². The molecule has 1 saturated carbocycles. The van der Waals surface area contributed by atoms with Gasteiger partial charge in [-0.15, -0.1) is 0 Å². The van der Waals surface area contributed by atoms with Gasteiger partial charge in [-0.3, -0.25) is 0 Å². The number of fused-ring (bicyclic) bond motifs is 2. The van der Waals surface area contributed by atoms with Gasteiger partial charge in [0.2, 0.25) is 0 Å². The smallest absolute Gasteiger partial charge is 0.156 e. The molecule has 0 radical (unpaired) electrons. The molecule has 4 heterocycles. The van der Waals surface area contributed by atoms with Crippen molar-refractivity contribution in [2.75, 3.05) is 13.1 Å². The van der Waals surface area contributed by atoms with E-state index in [9.17, 15) is 4.39 Å². The number of halogens is 1. The van der Waals surface area contributed by atoms with Crippen molar-refractivity contribution in [3.63, 3.8) is 0 Å². The number of piperidine rings is 1. The molecule has 154 valence electrons. The third kappa shape index (κ3) is 2.75. The number of hydrogen-bond donors (Lipinski definition) is 2. The van der Waals surface area contributed by atoms with Crippen LogP contribution in [0.4, 0.5) is 4.39 Å². The Hall–Kier alpha value is -2.80. The van der Waals surface area contributed by atoms with Gasteiger partial charge in [0.15, 0.2) is 5.65 Å². The quantitative estimate of drug-likeness (QED) is 0.523. The van der Waals surface area contributed by atoms with Gasteiger partial charge in [-0.1, -0.05) is 0 Å². The average molecular weight is 404 g/mol. The summed E-state index contributed by atoms with van der Waals surface area (Å²) in [4.78, 5) is 12.6. The number of aryl methyl sites for hydroxylation is 2. The number of hydrogen-bond acceptors (Lipinski definition) is 4. The second-order valence-corrected chi connectivity index (χ2v) is 9.19. The Bertz CT molecular complexity index is 1270. The summed E-state index contributed by atoms with van der Waals surface area (Å²) in [5, 5.41) is 8.09. The Balaban J connectivity index is 1.35. The van der Waals surface area contributed by atoms with E-state index in [1.165, 1.54) is 12.8 Å². The van der Waals surface area contributed by atoms with E-state index in [0.717, 1.165) is 59.9 Å². The largest absolute Gasteiger partial charge is 0.339 e. The zero-order valence-electron chi connectivity index (χ0n) is 17.3. The Labute approximate surface area is 173 Å². The number of benzene rings is 1. The van der Waals surface area contributed by atoms with Crippen LogP contribution in [0.5, 0.6) is 0 Å². The van der Waals surface area contributed by atoms with Crippen LogP contribution in [0.25, 0.3) is 27.9 Å². The monoisotopic (exact) mass is 404 g/mol. The first-order valence-corrected chi connectivity index (χ1v) is 10.7. The fourth-order valence-electron chi connectivity index (χ4n) is 5.36. The molecule has 2 aliphatic rings. The maximum atomic E-state index is 15.0. The maximum Gasteiger partial charge on any atom is 0.156 e. The van der Waals surface area contributed by atoms with Crippen LogP contribution in [0.15, 0.2) is 24.4 Å². The Morgan fingerprint density at radius 3 is 2.70 bits per heavy atom. The summed E-state index contributed by atoms with van der Waals surface area (Å²) >= 11 is 0. The van der Waals surface area contributed by atoms with E-state index in [2.05, 4.69) is 20.4 Å². The Morgan fingerprint density at radius 2 is 1.90 bits per heavy atom. The van der Waals surface area contributed by atoms with Crippen LogP contribution >= 0.6 is 0 Å². The highest BCUT2D eigenvalue weighted by Gasteiger charge is 2.46. The minimum atomic E-state index is -0.279. The van der Waals surface area contributed by atoms with Crippen LogP contribution in [0.1, 0.15) is 48.7 Å². The number of H-pyrrole nitrogens is 1. The lowest BCUT2D eigenvalue weighted by Crippen LogP contribution is -2.44. The molecule has 6 nitrogen and oxygen atoms in total. The molecule has 1 aromatic carbocycles. The first-order chi connectivity index (χ1) is 14.5. The average Bonchev–Trinajstić information content (AvgIpc) is 3.30. The highest BCUT2D eigenvalue weighted by Crippen LogP contribution is 2.55. The zero-order chi connectivity index (χ0) is 20.5. The predicted molar refractivity (Wildman–Crippen MR) is 114 cm³/mol. The van der Waals surface area contributed by atoms with E-state index in [-0.39, 0.29) is 5.82 Å². The van der Waals surface area contributed by atoms with Gasteiger partial charge < -0.3 is 10.3 Å². The van der Waals surface area contributed by atoms with Crippen molar-refractivity contribution in [1.82, 2.24) is 29.9 Å². The van der Waals surface area contributed by atoms with Crippen LogP contribution < -0.4 is 5.32 Å². The first-order valence-electron chi connectivity index (χ1n) is 10.7. The van der Waals surface area contributed by atoms with Gasteiger partial charge in [-0.25, -0.2) is 18.9 Å². The Morgan fingerprint density at radius 1 is 1.10 bits per heavy atom. The van der Waals surface area contributed by atoms with Crippen molar-refractivity contribution >= 4 is 16.7 Å². The number of aromatic amines is 1. The second-order valence-electron chi connectivity index (χ2n) is 9.19. The van der Waals surface area contributed by atoms with Gasteiger partial charge in [0.1, 0.15) is 17.2 Å². The number of nitrogens with one attached hydrogen (secondary N) is 2. The lowest BCUT2D eigenvalue weighted by molar-refractivity contribution is 0.0572. The van der Waals surface area contributed by atoms with Crippen LogP contribution in [0.3, 0.4) is 0 Å². The molecule has 4 aromatic rings. The van der Waals surface area contributed by atoms with Crippen LogP contribution in [0, 0.1) is 25.1 Å². The standard InChI is InChI=1S/C23H25FN6/c1-13-7-18(29-30-12-14(2)26-22(13)30)15-8-17(24)20-19(9-15)27-21(28-20)16-10-23(11-16)3-5-25-6-4-23/h7-9,12,16,25H,3-6,10-11H2,1-2H3,(H,27,28). The zero-order valence-corrected chi connectivity index (χ0v) is 17.3. The van der Waals surface area contributed by atoms with E-state index in [0.29, 0.717) is 22.4 Å². The second kappa shape index (κ2) is 6.35. The van der Waals surface area contributed by atoms with Gasteiger partial charge in [-0.2, -0.15) is 5.10 Å². The van der Waals surface area contributed by atoms with Crippen LogP contribution in [0.2, 0.25) is 0 Å². The van der Waals surface area contributed by atoms with Gasteiger partial charge in [0.05, 0.1) is 23.1 Å². The van der Waals surface area contributed by atoms with E-state index in [1.54, 1.807) is 10.6 Å². The molecule has 0 amide bonds.